The van der Waals surface area contributed by atoms with Crippen molar-refractivity contribution in [2.45, 2.75) is 54.4 Å². The van der Waals surface area contributed by atoms with Crippen LogP contribution in [0.2, 0.25) is 0 Å². The van der Waals surface area contributed by atoms with E-state index < -0.39 is 0 Å². The van der Waals surface area contributed by atoms with Crippen LogP contribution in [0.4, 0.5) is 0 Å². The molecule has 232 valence electrons. The number of para-hydroxylation sites is 1. The van der Waals surface area contributed by atoms with Crippen molar-refractivity contribution in [1.29, 1.82) is 0 Å². The predicted octanol–water partition coefficient (Wildman–Crippen LogP) is 9.78. The van der Waals surface area contributed by atoms with E-state index in [-0.39, 0.29) is 20.4 Å². The van der Waals surface area contributed by atoms with Gasteiger partial charge in [0.15, 0.2) is 0 Å². The summed E-state index contributed by atoms with van der Waals surface area (Å²) in [6.45, 7) is 13.0. The Morgan fingerprint density at radius 3 is 2.22 bits per heavy atom. The van der Waals surface area contributed by atoms with Crippen LogP contribution in [0.5, 0.6) is 11.5 Å². The number of nitrogens with zero attached hydrogens (tertiary/aromatic N) is 4. The van der Waals surface area contributed by atoms with Crippen molar-refractivity contribution in [2.75, 3.05) is 0 Å². The molecule has 0 aliphatic heterocycles. The summed E-state index contributed by atoms with van der Waals surface area (Å²) in [5.74, 6) is 2.08. The van der Waals surface area contributed by atoms with Gasteiger partial charge in [-0.05, 0) is 92.1 Å². The minimum atomic E-state index is 0. The first-order chi connectivity index (χ1) is 21.9. The van der Waals surface area contributed by atoms with Crippen molar-refractivity contribution in [3.63, 3.8) is 0 Å². The molecule has 5 nitrogen and oxygen atoms in total. The van der Waals surface area contributed by atoms with E-state index in [1.165, 1.54) is 33.5 Å². The van der Waals surface area contributed by atoms with Crippen LogP contribution in [-0.4, -0.2) is 19.3 Å². The van der Waals surface area contributed by atoms with Crippen molar-refractivity contribution < 1.29 is 25.2 Å². The topological polar surface area (TPSA) is 44.9 Å². The number of benzene rings is 4. The van der Waals surface area contributed by atoms with Crippen molar-refractivity contribution in [1.82, 2.24) is 19.3 Å². The van der Waals surface area contributed by atoms with Crippen LogP contribution >= 0.6 is 0 Å². The number of hydrogen-bond acceptors (Lipinski definition) is 3. The fourth-order valence-corrected chi connectivity index (χ4v) is 6.69. The van der Waals surface area contributed by atoms with E-state index >= 15 is 0 Å². The molecule has 3 heterocycles. The van der Waals surface area contributed by atoms with Gasteiger partial charge in [0.25, 0.3) is 0 Å². The van der Waals surface area contributed by atoms with Gasteiger partial charge in [0.2, 0.25) is 0 Å². The van der Waals surface area contributed by atoms with E-state index in [1.54, 1.807) is 0 Å². The Kier molecular flexibility index (Phi) is 8.70. The molecule has 0 saturated heterocycles. The smallest absolute Gasteiger partial charge is 0.509 e. The molecule has 0 fully saturated rings. The minimum Gasteiger partial charge on any atom is -0.509 e. The Hall–Kier alpha value is -4.50. The van der Waals surface area contributed by atoms with E-state index in [1.807, 2.05) is 41.2 Å². The van der Waals surface area contributed by atoms with Gasteiger partial charge in [0.05, 0.1) is 5.69 Å². The number of fused-ring (bicyclic) bond motifs is 3. The SMILES string of the molecule is CCc1nn(-c2[c-]c(Oc3[c-]c4c(cc3)c3ccccc3n4-c3cc(C)ccn3)ccc2)c(CC)c1-c1c(C)cc(C)cc1C.[Pd+2]. The van der Waals surface area contributed by atoms with Crippen LogP contribution in [0.25, 0.3) is 44.4 Å². The molecular formula is C40H36N4OPd. The van der Waals surface area contributed by atoms with Gasteiger partial charge in [-0.25, -0.2) is 4.98 Å². The zero-order valence-corrected chi connectivity index (χ0v) is 28.6. The summed E-state index contributed by atoms with van der Waals surface area (Å²) in [7, 11) is 0. The van der Waals surface area contributed by atoms with Gasteiger partial charge in [-0.1, -0.05) is 55.3 Å². The maximum Gasteiger partial charge on any atom is 2.00 e. The van der Waals surface area contributed by atoms with E-state index in [0.29, 0.717) is 11.5 Å². The van der Waals surface area contributed by atoms with Gasteiger partial charge in [-0.2, -0.15) is 17.2 Å². The summed E-state index contributed by atoms with van der Waals surface area (Å²) in [6.07, 6.45) is 3.54. The third-order valence-electron chi connectivity index (χ3n) is 8.54. The monoisotopic (exact) mass is 694 g/mol. The number of pyridine rings is 1. The number of ether oxygens (including phenoxy) is 1. The normalized spacial score (nSPS) is 11.3. The van der Waals surface area contributed by atoms with Crippen LogP contribution in [0, 0.1) is 39.8 Å². The molecule has 46 heavy (non-hydrogen) atoms. The molecule has 3 aromatic heterocycles. The first kappa shape index (κ1) is 31.5. The second kappa shape index (κ2) is 12.7. The standard InChI is InChI=1S/C40H36N4O.Pd/c1-7-34-40(39-27(5)20-26(4)21-28(39)6)35(8-2)44(42-34)29-12-11-13-30(23-29)45-31-16-17-33-32-14-9-10-15-36(32)43(37(33)24-31)38-22-25(3)18-19-41-38;/h9-22H,7-8H2,1-6H3;/q-2;+2. The third-order valence-corrected chi connectivity index (χ3v) is 8.54. The van der Waals surface area contributed by atoms with Gasteiger partial charge < -0.3 is 9.30 Å². The van der Waals surface area contributed by atoms with E-state index in [0.717, 1.165) is 57.4 Å². The quantitative estimate of drug-likeness (QED) is 0.123. The van der Waals surface area contributed by atoms with Crippen LogP contribution in [0.3, 0.4) is 0 Å². The van der Waals surface area contributed by atoms with Crippen molar-refractivity contribution in [3.05, 3.63) is 131 Å². The maximum absolute atomic E-state index is 6.45. The number of aryl methyl sites for hydroxylation is 5. The molecule has 7 rings (SSSR count). The largest absolute Gasteiger partial charge is 2.00 e. The molecule has 0 saturated carbocycles. The number of rotatable bonds is 7. The van der Waals surface area contributed by atoms with E-state index in [2.05, 4.69) is 107 Å². The zero-order valence-electron chi connectivity index (χ0n) is 27.0. The van der Waals surface area contributed by atoms with Crippen LogP contribution in [0.15, 0.2) is 85.1 Å². The van der Waals surface area contributed by atoms with Gasteiger partial charge in [-0.15, -0.1) is 35.7 Å². The van der Waals surface area contributed by atoms with Gasteiger partial charge in [0, 0.05) is 34.5 Å². The summed E-state index contributed by atoms with van der Waals surface area (Å²) in [6, 6.07) is 34.2. The molecule has 0 atom stereocenters. The fourth-order valence-electron chi connectivity index (χ4n) is 6.69. The van der Waals surface area contributed by atoms with Crippen LogP contribution in [-0.2, 0) is 33.3 Å². The first-order valence-corrected chi connectivity index (χ1v) is 15.6. The Morgan fingerprint density at radius 2 is 1.48 bits per heavy atom. The van der Waals surface area contributed by atoms with Crippen LogP contribution < -0.4 is 4.74 Å². The average Bonchev–Trinajstić information content (AvgIpc) is 3.56. The van der Waals surface area contributed by atoms with Crippen molar-refractivity contribution >= 4 is 21.8 Å². The Morgan fingerprint density at radius 1 is 0.717 bits per heavy atom. The van der Waals surface area contributed by atoms with Gasteiger partial charge in [0.1, 0.15) is 5.82 Å². The summed E-state index contributed by atoms with van der Waals surface area (Å²) in [5.41, 5.74) is 12.6. The van der Waals surface area contributed by atoms with Gasteiger partial charge in [-0.3, -0.25) is 4.68 Å². The van der Waals surface area contributed by atoms with Gasteiger partial charge >= 0.3 is 20.4 Å². The second-order valence-electron chi connectivity index (χ2n) is 11.8. The van der Waals surface area contributed by atoms with Crippen LogP contribution in [0.1, 0.15) is 47.5 Å². The Bertz CT molecular complexity index is 2200. The molecule has 7 aromatic rings. The third kappa shape index (κ3) is 5.47. The molecule has 0 unspecified atom stereocenters. The first-order valence-electron chi connectivity index (χ1n) is 15.6. The van der Waals surface area contributed by atoms with Crippen molar-refractivity contribution in [2.24, 2.45) is 0 Å². The molecular weight excluding hydrogens is 659 g/mol. The van der Waals surface area contributed by atoms with E-state index in [4.69, 9.17) is 14.8 Å². The Balaban J connectivity index is 0.00000372. The average molecular weight is 695 g/mol. The summed E-state index contributed by atoms with van der Waals surface area (Å²) >= 11 is 0. The summed E-state index contributed by atoms with van der Waals surface area (Å²) < 4.78 is 10.7. The molecule has 0 N–H and O–H groups in total. The molecule has 0 amide bonds. The Labute approximate surface area is 284 Å². The zero-order chi connectivity index (χ0) is 31.2. The molecule has 4 aromatic carbocycles. The fraction of sp³-hybridized carbons (Fsp3) is 0.200. The molecule has 0 aliphatic rings. The number of hydrogen-bond donors (Lipinski definition) is 0. The molecule has 0 bridgehead atoms. The van der Waals surface area contributed by atoms with Crippen molar-refractivity contribution in [3.8, 4) is 34.1 Å². The molecule has 0 radical (unpaired) electrons. The predicted molar refractivity (Wildman–Crippen MR) is 183 cm³/mol. The van der Waals surface area contributed by atoms with E-state index in [9.17, 15) is 0 Å². The number of aromatic nitrogens is 4. The molecule has 0 spiro atoms. The molecule has 0 aliphatic carbocycles. The minimum absolute atomic E-state index is 0. The summed E-state index contributed by atoms with van der Waals surface area (Å²) in [4.78, 5) is 4.70. The molecule has 6 heteroatoms. The maximum atomic E-state index is 6.45. The summed E-state index contributed by atoms with van der Waals surface area (Å²) in [5, 5.41) is 7.38. The second-order valence-corrected chi connectivity index (χ2v) is 11.8.